The minimum absolute atomic E-state index is 0.0754. The van der Waals surface area contributed by atoms with Crippen LogP contribution in [0.4, 0.5) is 0 Å². The molecule has 4 saturated carbocycles. The standard InChI is InChI=1S/C57H92O25/c1-23-34(63)43(79-46-39(68)35(64)26(59)20-73-46)41(70)48(76-23)81-45-37(66)28(61)22-75-50(45)82-51(72)57-16-15-52(2,3)17-25(57)24-9-10-31-54(6)13-12-33(53(4,5)30(54)11-14-55(31,7)56(24,8)18-32(57)62)78-49-42(71)44(38(67)29(19-58)77-49)80-47-40(69)36(65)27(60)21-74-47/h9,23,25-50,58-71H,10-22H2,1-8H3/t23-,25-,26+,27+,28-,29+,30-,31+,32+,33-,34-,35-,36-,37-,38+,39+,40+,41+,42+,43+,44-,45+,46-,47-,48-,49-,50-,54-,55+,56+,57+/m0/s1. The molecule has 5 saturated heterocycles. The largest absolute Gasteiger partial charge is 0.432 e. The minimum atomic E-state index is -1.87. The van der Waals surface area contributed by atoms with Gasteiger partial charge in [0.1, 0.15) is 97.0 Å². The molecule has 5 aliphatic carbocycles. The third-order valence-electron chi connectivity index (χ3n) is 22.3. The molecule has 0 unspecified atom stereocenters. The number of rotatable bonds is 11. The van der Waals surface area contributed by atoms with E-state index >= 15 is 4.79 Å². The maximum atomic E-state index is 15.4. The highest BCUT2D eigenvalue weighted by Crippen LogP contribution is 2.76. The van der Waals surface area contributed by atoms with E-state index in [1.807, 2.05) is 0 Å². The molecule has 5 aliphatic heterocycles. The normalized spacial score (nSPS) is 54.8. The number of aliphatic hydroxyl groups excluding tert-OH is 14. The van der Waals surface area contributed by atoms with Crippen LogP contribution < -0.4 is 0 Å². The van der Waals surface area contributed by atoms with Crippen molar-refractivity contribution in [3.8, 4) is 0 Å². The van der Waals surface area contributed by atoms with Crippen LogP contribution >= 0.6 is 0 Å². The summed E-state index contributed by atoms with van der Waals surface area (Å²) in [5, 5.41) is 153. The summed E-state index contributed by atoms with van der Waals surface area (Å²) in [7, 11) is 0. The Morgan fingerprint density at radius 1 is 0.561 bits per heavy atom. The van der Waals surface area contributed by atoms with Crippen molar-refractivity contribution in [2.75, 3.05) is 26.4 Å². The predicted octanol–water partition coefficient (Wildman–Crippen LogP) is -2.30. The molecule has 10 rings (SSSR count). The fraction of sp³-hybridized carbons (Fsp3) is 0.947. The lowest BCUT2D eigenvalue weighted by molar-refractivity contribution is -0.370. The summed E-state index contributed by atoms with van der Waals surface area (Å²) in [5.41, 5.74) is -2.47. The van der Waals surface area contributed by atoms with Gasteiger partial charge in [0.15, 0.2) is 31.3 Å². The molecule has 82 heavy (non-hydrogen) atoms. The number of carbonyl (C=O) groups excluding carboxylic acids is 1. The second-order valence-corrected chi connectivity index (χ2v) is 27.8. The van der Waals surface area contributed by atoms with Crippen LogP contribution in [-0.2, 0) is 52.2 Å². The number of hydrogen-bond acceptors (Lipinski definition) is 25. The highest BCUT2D eigenvalue weighted by molar-refractivity contribution is 5.80. The first-order valence-corrected chi connectivity index (χ1v) is 29.5. The Hall–Kier alpha value is -1.71. The summed E-state index contributed by atoms with van der Waals surface area (Å²) in [4.78, 5) is 15.4. The van der Waals surface area contributed by atoms with Crippen LogP contribution in [0.1, 0.15) is 113 Å². The Bertz CT molecular complexity index is 2290. The zero-order chi connectivity index (χ0) is 59.7. The lowest BCUT2D eigenvalue weighted by Crippen LogP contribution is -2.68. The summed E-state index contributed by atoms with van der Waals surface area (Å²) in [6, 6.07) is 0. The SMILES string of the molecule is C[C@@H]1O[C@@H](O[C@H]2[C@H](OC(=O)[C@]34CCC(C)(C)C[C@H]3C3=CC[C@@H]5[C@@]6(C)CC[C@H](O[C@@H]7O[C@H](CO)[C@@H](O)[C@H](O[C@@H]8OC[C@@H](O)[C@H](O)[C@H]8O)[C@H]7O)C(C)(C)[C@@H]6CC[C@@]5(C)[C@]3(C)C[C@H]4O)OC[C@H](O)[C@@H]2O)[C@H](O)[C@H](O[C@@H]2OC[C@@H](O)[C@H](O)[C@H]2O)[C@H]1O. The number of carbonyl (C=O) groups is 1. The molecule has 0 aromatic heterocycles. The molecule has 0 aromatic rings. The zero-order valence-corrected chi connectivity index (χ0v) is 48.1. The molecule has 9 fully saturated rings. The molecule has 0 bridgehead atoms. The minimum Gasteiger partial charge on any atom is -0.432 e. The van der Waals surface area contributed by atoms with Gasteiger partial charge in [-0.1, -0.05) is 60.1 Å². The number of hydrogen-bond donors (Lipinski definition) is 14. The van der Waals surface area contributed by atoms with Crippen LogP contribution in [-0.4, -0.2) is 251 Å². The number of allylic oxidation sites excluding steroid dienone is 2. The van der Waals surface area contributed by atoms with Gasteiger partial charge < -0.3 is 119 Å². The summed E-state index contributed by atoms with van der Waals surface area (Å²) in [5.74, 6) is -1.11. The maximum Gasteiger partial charge on any atom is 0.317 e. The molecule has 25 heteroatoms. The van der Waals surface area contributed by atoms with E-state index < -0.39 is 195 Å². The Morgan fingerprint density at radius 3 is 1.71 bits per heavy atom. The first-order chi connectivity index (χ1) is 38.4. The third-order valence-corrected chi connectivity index (χ3v) is 22.3. The Labute approximate surface area is 477 Å². The Balaban J connectivity index is 0.873. The molecular weight excluding hydrogens is 1080 g/mol. The van der Waals surface area contributed by atoms with Gasteiger partial charge in [-0.05, 0) is 110 Å². The van der Waals surface area contributed by atoms with E-state index in [1.54, 1.807) is 0 Å². The molecule has 14 N–H and O–H groups in total. The molecule has 0 spiro atoms. The Morgan fingerprint density at radius 2 is 1.11 bits per heavy atom. The second-order valence-electron chi connectivity index (χ2n) is 27.8. The molecule has 25 nitrogen and oxygen atoms in total. The van der Waals surface area contributed by atoms with Crippen molar-refractivity contribution in [1.82, 2.24) is 0 Å². The van der Waals surface area contributed by atoms with Crippen molar-refractivity contribution in [1.29, 1.82) is 0 Å². The summed E-state index contributed by atoms with van der Waals surface area (Å²) in [6.07, 6.45) is -28.9. The van der Waals surface area contributed by atoms with E-state index in [2.05, 4.69) is 54.5 Å². The van der Waals surface area contributed by atoms with Crippen molar-refractivity contribution in [2.24, 2.45) is 50.2 Å². The van der Waals surface area contributed by atoms with Crippen molar-refractivity contribution in [2.45, 2.75) is 261 Å². The van der Waals surface area contributed by atoms with Gasteiger partial charge in [0, 0.05) is 0 Å². The number of fused-ring (bicyclic) bond motifs is 7. The van der Waals surface area contributed by atoms with Crippen LogP contribution in [0.2, 0.25) is 0 Å². The average molecular weight is 1180 g/mol. The maximum absolute atomic E-state index is 15.4. The van der Waals surface area contributed by atoms with Crippen LogP contribution in [0.25, 0.3) is 0 Å². The van der Waals surface area contributed by atoms with E-state index in [9.17, 15) is 71.5 Å². The van der Waals surface area contributed by atoms with Crippen molar-refractivity contribution in [3.63, 3.8) is 0 Å². The topological polar surface area (TPSA) is 393 Å². The summed E-state index contributed by atoms with van der Waals surface area (Å²) < 4.78 is 59.4. The van der Waals surface area contributed by atoms with Gasteiger partial charge >= 0.3 is 5.97 Å². The predicted molar refractivity (Wildman–Crippen MR) is 277 cm³/mol. The quantitative estimate of drug-likeness (QED) is 0.0588. The first-order valence-electron chi connectivity index (χ1n) is 29.5. The van der Waals surface area contributed by atoms with Crippen LogP contribution in [0.3, 0.4) is 0 Å². The van der Waals surface area contributed by atoms with Crippen LogP contribution in [0, 0.1) is 50.2 Å². The first kappa shape index (κ1) is 63.3. The van der Waals surface area contributed by atoms with Crippen molar-refractivity contribution < 1.29 is 124 Å². The summed E-state index contributed by atoms with van der Waals surface area (Å²) in [6.45, 7) is 15.0. The van der Waals surface area contributed by atoms with E-state index in [0.29, 0.717) is 32.1 Å². The molecular formula is C57H92O25. The van der Waals surface area contributed by atoms with E-state index in [4.69, 9.17) is 47.4 Å². The monoisotopic (exact) mass is 1180 g/mol. The van der Waals surface area contributed by atoms with Gasteiger partial charge in [-0.3, -0.25) is 4.79 Å². The number of aliphatic hydroxyl groups is 14. The summed E-state index contributed by atoms with van der Waals surface area (Å²) >= 11 is 0. The van der Waals surface area contributed by atoms with Gasteiger partial charge in [0.2, 0.25) is 6.29 Å². The lowest BCUT2D eigenvalue weighted by atomic mass is 9.33. The molecule has 31 atom stereocenters. The zero-order valence-electron chi connectivity index (χ0n) is 48.1. The molecule has 0 radical (unpaired) electrons. The van der Waals surface area contributed by atoms with Gasteiger partial charge in [0.05, 0.1) is 44.7 Å². The third kappa shape index (κ3) is 10.4. The fourth-order valence-corrected chi connectivity index (χ4v) is 17.2. The molecule has 5 heterocycles. The lowest BCUT2D eigenvalue weighted by Gasteiger charge is -2.71. The highest BCUT2D eigenvalue weighted by Gasteiger charge is 2.72. The van der Waals surface area contributed by atoms with E-state index in [-0.39, 0.29) is 47.5 Å². The smallest absolute Gasteiger partial charge is 0.317 e. The number of ether oxygens (including phenoxy) is 10. The fourth-order valence-electron chi connectivity index (χ4n) is 17.2. The van der Waals surface area contributed by atoms with Gasteiger partial charge in [-0.2, -0.15) is 0 Å². The van der Waals surface area contributed by atoms with E-state index in [1.165, 1.54) is 6.92 Å². The molecule has 10 aliphatic rings. The van der Waals surface area contributed by atoms with Crippen LogP contribution in [0.15, 0.2) is 11.6 Å². The molecule has 470 valence electrons. The molecule has 0 aromatic carbocycles. The van der Waals surface area contributed by atoms with Crippen molar-refractivity contribution >= 4 is 5.97 Å². The van der Waals surface area contributed by atoms with Gasteiger partial charge in [0.25, 0.3) is 0 Å². The average Bonchev–Trinajstić information content (AvgIpc) is 0.742. The molecule has 0 amide bonds. The second kappa shape index (κ2) is 23.0. The van der Waals surface area contributed by atoms with Gasteiger partial charge in [-0.25, -0.2) is 0 Å². The van der Waals surface area contributed by atoms with Crippen molar-refractivity contribution in [3.05, 3.63) is 11.6 Å². The number of esters is 1. The van der Waals surface area contributed by atoms with Gasteiger partial charge in [-0.15, -0.1) is 0 Å². The Kier molecular flexibility index (Phi) is 17.8. The van der Waals surface area contributed by atoms with E-state index in [0.717, 1.165) is 18.4 Å². The van der Waals surface area contributed by atoms with Crippen LogP contribution in [0.5, 0.6) is 0 Å². The highest BCUT2D eigenvalue weighted by atomic mass is 16.8.